The smallest absolute Gasteiger partial charge is 0.120 e. The molecular formula is C19H25NO. The summed E-state index contributed by atoms with van der Waals surface area (Å²) in [7, 11) is 0. The van der Waals surface area contributed by atoms with E-state index < -0.39 is 0 Å². The molecule has 0 aliphatic heterocycles. The van der Waals surface area contributed by atoms with E-state index in [2.05, 4.69) is 50.2 Å². The van der Waals surface area contributed by atoms with E-state index in [0.717, 1.165) is 18.6 Å². The molecule has 0 aliphatic rings. The van der Waals surface area contributed by atoms with Gasteiger partial charge in [0.15, 0.2) is 0 Å². The van der Waals surface area contributed by atoms with Gasteiger partial charge >= 0.3 is 0 Å². The second kappa shape index (κ2) is 7.28. The average molecular weight is 283 g/mol. The molecule has 0 aromatic heterocycles. The lowest BCUT2D eigenvalue weighted by atomic mass is 10.1. The quantitative estimate of drug-likeness (QED) is 0.864. The van der Waals surface area contributed by atoms with E-state index in [-0.39, 0.29) is 6.04 Å². The lowest BCUT2D eigenvalue weighted by Crippen LogP contribution is -2.15. The Bertz CT molecular complexity index is 590. The van der Waals surface area contributed by atoms with Gasteiger partial charge in [0.05, 0.1) is 0 Å². The molecule has 2 aromatic carbocycles. The summed E-state index contributed by atoms with van der Waals surface area (Å²) in [6.07, 6.45) is 2.00. The van der Waals surface area contributed by atoms with Crippen LogP contribution in [0.15, 0.2) is 42.5 Å². The fourth-order valence-electron chi connectivity index (χ4n) is 2.30. The van der Waals surface area contributed by atoms with E-state index in [1.54, 1.807) is 0 Å². The zero-order valence-electron chi connectivity index (χ0n) is 13.2. The molecule has 2 heteroatoms. The largest absolute Gasteiger partial charge is 0.489 e. The third-order valence-corrected chi connectivity index (χ3v) is 3.69. The van der Waals surface area contributed by atoms with Crippen LogP contribution in [0.3, 0.4) is 0 Å². The normalized spacial score (nSPS) is 12.2. The van der Waals surface area contributed by atoms with Crippen LogP contribution in [0.2, 0.25) is 0 Å². The van der Waals surface area contributed by atoms with Crippen LogP contribution in [0, 0.1) is 13.8 Å². The van der Waals surface area contributed by atoms with Crippen LogP contribution in [0.5, 0.6) is 5.75 Å². The second-order valence-corrected chi connectivity index (χ2v) is 5.88. The molecule has 0 spiro atoms. The van der Waals surface area contributed by atoms with Gasteiger partial charge in [0.2, 0.25) is 0 Å². The van der Waals surface area contributed by atoms with Gasteiger partial charge in [-0.25, -0.2) is 0 Å². The molecule has 1 atom stereocenters. The molecule has 0 saturated heterocycles. The van der Waals surface area contributed by atoms with Gasteiger partial charge in [0.1, 0.15) is 12.4 Å². The first-order chi connectivity index (χ1) is 10.0. The fraction of sp³-hybridized carbons (Fsp3) is 0.368. The van der Waals surface area contributed by atoms with Crippen molar-refractivity contribution in [1.82, 2.24) is 0 Å². The van der Waals surface area contributed by atoms with Crippen molar-refractivity contribution in [2.24, 2.45) is 5.73 Å². The monoisotopic (exact) mass is 283 g/mol. The number of ether oxygens (including phenoxy) is 1. The van der Waals surface area contributed by atoms with Crippen LogP contribution in [-0.2, 0) is 13.0 Å². The molecule has 0 amide bonds. The second-order valence-electron chi connectivity index (χ2n) is 5.88. The van der Waals surface area contributed by atoms with Crippen molar-refractivity contribution in [3.63, 3.8) is 0 Å². The van der Waals surface area contributed by atoms with E-state index in [9.17, 15) is 0 Å². The van der Waals surface area contributed by atoms with E-state index in [1.165, 1.54) is 22.3 Å². The summed E-state index contributed by atoms with van der Waals surface area (Å²) in [5.41, 5.74) is 10.9. The highest BCUT2D eigenvalue weighted by molar-refractivity contribution is 5.32. The molecule has 0 bridgehead atoms. The van der Waals surface area contributed by atoms with Crippen molar-refractivity contribution in [3.8, 4) is 5.75 Å². The number of aryl methyl sites for hydroxylation is 3. The van der Waals surface area contributed by atoms with Crippen molar-refractivity contribution in [2.75, 3.05) is 0 Å². The zero-order chi connectivity index (χ0) is 15.2. The highest BCUT2D eigenvalue weighted by Crippen LogP contribution is 2.18. The lowest BCUT2D eigenvalue weighted by molar-refractivity contribution is 0.305. The van der Waals surface area contributed by atoms with Crippen molar-refractivity contribution >= 4 is 0 Å². The van der Waals surface area contributed by atoms with Gasteiger partial charge in [-0.2, -0.15) is 0 Å². The van der Waals surface area contributed by atoms with Gasteiger partial charge in [0, 0.05) is 6.04 Å². The molecule has 0 fully saturated rings. The van der Waals surface area contributed by atoms with Gasteiger partial charge in [-0.3, -0.25) is 0 Å². The number of hydrogen-bond donors (Lipinski definition) is 1. The van der Waals surface area contributed by atoms with Crippen LogP contribution in [0.4, 0.5) is 0 Å². The van der Waals surface area contributed by atoms with Crippen LogP contribution < -0.4 is 10.5 Å². The van der Waals surface area contributed by atoms with Gasteiger partial charge in [0.25, 0.3) is 0 Å². The van der Waals surface area contributed by atoms with E-state index >= 15 is 0 Å². The minimum absolute atomic E-state index is 0.240. The first kappa shape index (κ1) is 15.6. The average Bonchev–Trinajstić information content (AvgIpc) is 2.46. The van der Waals surface area contributed by atoms with Crippen molar-refractivity contribution < 1.29 is 4.74 Å². The third-order valence-electron chi connectivity index (χ3n) is 3.69. The van der Waals surface area contributed by atoms with Gasteiger partial charge in [-0.15, -0.1) is 0 Å². The summed E-state index contributed by atoms with van der Waals surface area (Å²) in [4.78, 5) is 0. The highest BCUT2D eigenvalue weighted by atomic mass is 16.5. The third kappa shape index (κ3) is 4.91. The maximum Gasteiger partial charge on any atom is 0.120 e. The number of hydrogen-bond acceptors (Lipinski definition) is 2. The standard InChI is InChI=1S/C19H25NO/c1-14-7-8-15(2)18(11-14)13-21-19-6-4-5-17(12-19)10-9-16(3)20/h4-8,11-12,16H,9-10,13,20H2,1-3H3. The predicted molar refractivity (Wildman–Crippen MR) is 88.7 cm³/mol. The van der Waals surface area contributed by atoms with Crippen LogP contribution in [0.25, 0.3) is 0 Å². The zero-order valence-corrected chi connectivity index (χ0v) is 13.2. The fourth-order valence-corrected chi connectivity index (χ4v) is 2.30. The Hall–Kier alpha value is -1.80. The van der Waals surface area contributed by atoms with Crippen LogP contribution >= 0.6 is 0 Å². The van der Waals surface area contributed by atoms with E-state index in [0.29, 0.717) is 6.61 Å². The summed E-state index contributed by atoms with van der Waals surface area (Å²) in [5, 5.41) is 0. The molecule has 1 unspecified atom stereocenters. The Kier molecular flexibility index (Phi) is 5.40. The Labute approximate surface area is 127 Å². The summed E-state index contributed by atoms with van der Waals surface area (Å²) in [5.74, 6) is 0.929. The number of rotatable bonds is 6. The Morgan fingerprint density at radius 3 is 2.67 bits per heavy atom. The van der Waals surface area contributed by atoms with Gasteiger partial charge in [-0.05, 0) is 62.4 Å². The number of nitrogens with two attached hydrogens (primary N) is 1. The molecule has 0 saturated carbocycles. The lowest BCUT2D eigenvalue weighted by Gasteiger charge is -2.11. The highest BCUT2D eigenvalue weighted by Gasteiger charge is 2.02. The molecule has 2 nitrogen and oxygen atoms in total. The summed E-state index contributed by atoms with van der Waals surface area (Å²) < 4.78 is 5.94. The molecular weight excluding hydrogens is 258 g/mol. The molecule has 2 N–H and O–H groups in total. The van der Waals surface area contributed by atoms with E-state index in [1.807, 2.05) is 13.0 Å². The first-order valence-corrected chi connectivity index (χ1v) is 7.58. The summed E-state index contributed by atoms with van der Waals surface area (Å²) in [6, 6.07) is 15.0. The van der Waals surface area contributed by atoms with E-state index in [4.69, 9.17) is 10.5 Å². The van der Waals surface area contributed by atoms with Gasteiger partial charge in [-0.1, -0.05) is 35.9 Å². The van der Waals surface area contributed by atoms with Gasteiger partial charge < -0.3 is 10.5 Å². The molecule has 0 aliphatic carbocycles. The maximum absolute atomic E-state index is 5.94. The minimum atomic E-state index is 0.240. The SMILES string of the molecule is Cc1ccc(C)c(COc2cccc(CCC(C)N)c2)c1. The Morgan fingerprint density at radius 1 is 1.10 bits per heavy atom. The molecule has 112 valence electrons. The molecule has 2 aromatic rings. The molecule has 2 rings (SSSR count). The van der Waals surface area contributed by atoms with Crippen molar-refractivity contribution in [1.29, 1.82) is 0 Å². The summed E-state index contributed by atoms with van der Waals surface area (Å²) in [6.45, 7) is 6.89. The molecule has 0 heterocycles. The Balaban J connectivity index is 1.99. The summed E-state index contributed by atoms with van der Waals surface area (Å²) >= 11 is 0. The minimum Gasteiger partial charge on any atom is -0.489 e. The maximum atomic E-state index is 5.94. The van der Waals surface area contributed by atoms with Crippen molar-refractivity contribution in [2.45, 2.75) is 46.3 Å². The Morgan fingerprint density at radius 2 is 1.90 bits per heavy atom. The first-order valence-electron chi connectivity index (χ1n) is 7.58. The molecule has 21 heavy (non-hydrogen) atoms. The predicted octanol–water partition coefficient (Wildman–Crippen LogP) is 4.16. The number of benzene rings is 2. The topological polar surface area (TPSA) is 35.2 Å². The van der Waals surface area contributed by atoms with Crippen LogP contribution in [-0.4, -0.2) is 6.04 Å². The van der Waals surface area contributed by atoms with Crippen LogP contribution in [0.1, 0.15) is 35.6 Å². The van der Waals surface area contributed by atoms with Crippen molar-refractivity contribution in [3.05, 3.63) is 64.7 Å². The molecule has 0 radical (unpaired) electrons.